The molecule has 8 nitrogen and oxygen atoms in total. The van der Waals surface area contributed by atoms with E-state index >= 15 is 0 Å². The minimum absolute atomic E-state index is 0.00670. The highest BCUT2D eigenvalue weighted by molar-refractivity contribution is 6.19. The maximum atomic E-state index is 13.7. The van der Waals surface area contributed by atoms with Crippen molar-refractivity contribution in [1.82, 2.24) is 14.8 Å². The van der Waals surface area contributed by atoms with Gasteiger partial charge in [-0.3, -0.25) is 19.5 Å². The van der Waals surface area contributed by atoms with E-state index in [1.807, 2.05) is 7.05 Å². The number of carbonyl (C=O) groups excluding carboxylic acids is 2. The second-order valence-electron chi connectivity index (χ2n) is 7.76. The topological polar surface area (TPSA) is 96.1 Å². The van der Waals surface area contributed by atoms with Gasteiger partial charge >= 0.3 is 0 Å². The molecule has 1 aliphatic heterocycles. The van der Waals surface area contributed by atoms with E-state index in [0.29, 0.717) is 16.5 Å². The Balaban J connectivity index is 1.74. The number of phenols is 1. The molecule has 3 heterocycles. The van der Waals surface area contributed by atoms with Crippen LogP contribution in [-0.4, -0.2) is 78.3 Å². The Hall–Kier alpha value is -3.23. The number of aromatic hydroxyl groups is 1. The minimum atomic E-state index is -1.00. The van der Waals surface area contributed by atoms with E-state index in [1.54, 1.807) is 24.4 Å². The van der Waals surface area contributed by atoms with Gasteiger partial charge in [0, 0.05) is 56.7 Å². The molecule has 0 spiro atoms. The number of phenolic OH excluding ortho intramolecular Hbond substituents is 1. The molecule has 1 atom stereocenters. The lowest BCUT2D eigenvalue weighted by molar-refractivity contribution is 0.0721. The Morgan fingerprint density at radius 2 is 2.00 bits per heavy atom. The lowest BCUT2D eigenvalue weighted by Crippen LogP contribution is -2.48. The molecule has 1 fully saturated rings. The van der Waals surface area contributed by atoms with Crippen molar-refractivity contribution in [2.24, 2.45) is 5.92 Å². The van der Waals surface area contributed by atoms with E-state index in [0.717, 1.165) is 26.2 Å². The molecule has 1 unspecified atom stereocenters. The molecule has 1 aliphatic rings. The summed E-state index contributed by atoms with van der Waals surface area (Å²) in [6.45, 7) is 3.48. The number of piperazine rings is 1. The zero-order valence-electron chi connectivity index (χ0n) is 17.6. The molecule has 1 N–H and O–H groups in total. The quantitative estimate of drug-likeness (QED) is 0.457. The Kier molecular flexibility index (Phi) is 6.01. The van der Waals surface area contributed by atoms with Crippen LogP contribution in [0.2, 0.25) is 0 Å². The number of nitrogens with zero attached hydrogens (tertiary/aromatic N) is 3. The van der Waals surface area contributed by atoms with Crippen molar-refractivity contribution < 1.29 is 23.8 Å². The summed E-state index contributed by atoms with van der Waals surface area (Å²) in [5, 5.41) is 11.2. The number of hydrogen-bond acceptors (Lipinski definition) is 8. The van der Waals surface area contributed by atoms with Crippen LogP contribution in [0.1, 0.15) is 20.7 Å². The summed E-state index contributed by atoms with van der Waals surface area (Å²) in [6, 6.07) is 6.37. The highest BCUT2D eigenvalue weighted by Gasteiger charge is 2.35. The molecule has 0 aliphatic carbocycles. The standard InChI is InChI=1S/C23H25N3O5/c1-25-7-9-26(10-8-25)14-17(21(28)15-4-3-6-24-13-15)22(29)20-18(27)12-19-16(5-11-31-19)23(20)30-2/h3-6,11-13,17,27H,7-10,14H2,1-2H3. The highest BCUT2D eigenvalue weighted by Crippen LogP contribution is 2.39. The van der Waals surface area contributed by atoms with E-state index < -0.39 is 11.7 Å². The van der Waals surface area contributed by atoms with E-state index in [-0.39, 0.29) is 29.4 Å². The maximum Gasteiger partial charge on any atom is 0.182 e. The van der Waals surface area contributed by atoms with Crippen LogP contribution >= 0.6 is 0 Å². The Bertz CT molecular complexity index is 1090. The van der Waals surface area contributed by atoms with Crippen molar-refractivity contribution >= 4 is 22.5 Å². The summed E-state index contributed by atoms with van der Waals surface area (Å²) < 4.78 is 10.8. The molecule has 0 saturated carbocycles. The van der Waals surface area contributed by atoms with Crippen LogP contribution < -0.4 is 4.74 Å². The van der Waals surface area contributed by atoms with Gasteiger partial charge in [-0.1, -0.05) is 0 Å². The van der Waals surface area contributed by atoms with Crippen molar-refractivity contribution in [1.29, 1.82) is 0 Å². The van der Waals surface area contributed by atoms with Gasteiger partial charge in [0.15, 0.2) is 11.6 Å². The molecule has 3 aromatic rings. The summed E-state index contributed by atoms with van der Waals surface area (Å²) in [7, 11) is 3.47. The van der Waals surface area contributed by atoms with Crippen LogP contribution in [0.4, 0.5) is 0 Å². The van der Waals surface area contributed by atoms with Gasteiger partial charge in [-0.25, -0.2) is 0 Å². The third-order valence-corrected chi connectivity index (χ3v) is 5.76. The summed E-state index contributed by atoms with van der Waals surface area (Å²) in [4.78, 5) is 35.4. The maximum absolute atomic E-state index is 13.7. The van der Waals surface area contributed by atoms with Crippen molar-refractivity contribution in [3.05, 3.63) is 54.0 Å². The van der Waals surface area contributed by atoms with Gasteiger partial charge in [-0.2, -0.15) is 0 Å². The molecular weight excluding hydrogens is 398 g/mol. The summed E-state index contributed by atoms with van der Waals surface area (Å²) in [6.07, 6.45) is 4.50. The molecule has 8 heteroatoms. The van der Waals surface area contributed by atoms with Crippen LogP contribution in [0, 0.1) is 5.92 Å². The predicted molar refractivity (Wildman–Crippen MR) is 115 cm³/mol. The van der Waals surface area contributed by atoms with Gasteiger partial charge in [0.2, 0.25) is 0 Å². The Morgan fingerprint density at radius 1 is 1.23 bits per heavy atom. The fourth-order valence-corrected chi connectivity index (χ4v) is 3.98. The molecule has 2 aromatic heterocycles. The van der Waals surface area contributed by atoms with E-state index in [4.69, 9.17) is 9.15 Å². The number of fused-ring (bicyclic) bond motifs is 1. The first-order valence-electron chi connectivity index (χ1n) is 10.2. The van der Waals surface area contributed by atoms with Crippen LogP contribution in [0.15, 0.2) is 47.3 Å². The van der Waals surface area contributed by atoms with E-state index in [1.165, 1.54) is 25.6 Å². The second-order valence-corrected chi connectivity index (χ2v) is 7.76. The van der Waals surface area contributed by atoms with Crippen molar-refractivity contribution in [2.75, 3.05) is 46.9 Å². The molecule has 4 rings (SSSR count). The highest BCUT2D eigenvalue weighted by atomic mass is 16.5. The molecule has 162 valence electrons. The van der Waals surface area contributed by atoms with E-state index in [9.17, 15) is 14.7 Å². The number of benzene rings is 1. The normalized spacial score (nSPS) is 16.3. The fourth-order valence-electron chi connectivity index (χ4n) is 3.98. The van der Waals surface area contributed by atoms with Gasteiger partial charge in [-0.15, -0.1) is 0 Å². The predicted octanol–water partition coefficient (Wildman–Crippen LogP) is 2.47. The number of methoxy groups -OCH3 is 1. The number of Topliss-reactive ketones (excluding diaryl/α,β-unsaturated/α-hetero) is 2. The number of hydrogen-bond donors (Lipinski definition) is 1. The van der Waals surface area contributed by atoms with Gasteiger partial charge in [0.1, 0.15) is 22.6 Å². The van der Waals surface area contributed by atoms with Gasteiger partial charge in [0.25, 0.3) is 0 Å². The number of ketones is 2. The summed E-state index contributed by atoms with van der Waals surface area (Å²) in [5.41, 5.74) is 0.755. The largest absolute Gasteiger partial charge is 0.507 e. The zero-order valence-corrected chi connectivity index (χ0v) is 17.6. The van der Waals surface area contributed by atoms with Crippen LogP contribution in [-0.2, 0) is 0 Å². The number of likely N-dealkylation sites (N-methyl/N-ethyl adjacent to an activating group) is 1. The second kappa shape index (κ2) is 8.87. The van der Waals surface area contributed by atoms with Gasteiger partial charge < -0.3 is 19.2 Å². The molecule has 1 aromatic carbocycles. The molecule has 0 bridgehead atoms. The van der Waals surface area contributed by atoms with Gasteiger partial charge in [0.05, 0.1) is 24.7 Å². The molecule has 31 heavy (non-hydrogen) atoms. The molecule has 0 amide bonds. The first-order chi connectivity index (χ1) is 15.0. The Morgan fingerprint density at radius 3 is 2.68 bits per heavy atom. The smallest absolute Gasteiger partial charge is 0.182 e. The number of aromatic nitrogens is 1. The number of carbonyl (C=O) groups is 2. The Labute approximate surface area is 180 Å². The minimum Gasteiger partial charge on any atom is -0.507 e. The lowest BCUT2D eigenvalue weighted by Gasteiger charge is -2.34. The zero-order chi connectivity index (χ0) is 22.0. The average Bonchev–Trinajstić information content (AvgIpc) is 3.25. The fraction of sp³-hybridized carbons (Fsp3) is 0.348. The van der Waals surface area contributed by atoms with Crippen LogP contribution in [0.5, 0.6) is 11.5 Å². The first-order valence-corrected chi connectivity index (χ1v) is 10.2. The lowest BCUT2D eigenvalue weighted by atomic mass is 9.88. The van der Waals surface area contributed by atoms with Crippen molar-refractivity contribution in [3.63, 3.8) is 0 Å². The number of ether oxygens (including phenoxy) is 1. The monoisotopic (exact) mass is 423 g/mol. The van der Waals surface area contributed by atoms with Crippen LogP contribution in [0.25, 0.3) is 11.0 Å². The third kappa shape index (κ3) is 4.17. The van der Waals surface area contributed by atoms with Crippen LogP contribution in [0.3, 0.4) is 0 Å². The average molecular weight is 423 g/mol. The van der Waals surface area contributed by atoms with Crippen molar-refractivity contribution in [3.8, 4) is 11.5 Å². The van der Waals surface area contributed by atoms with Crippen molar-refractivity contribution in [2.45, 2.75) is 0 Å². The summed E-state index contributed by atoms with van der Waals surface area (Å²) in [5.74, 6) is -1.88. The molecule has 0 radical (unpaired) electrons. The first kappa shape index (κ1) is 21.0. The van der Waals surface area contributed by atoms with E-state index in [2.05, 4.69) is 14.8 Å². The summed E-state index contributed by atoms with van der Waals surface area (Å²) >= 11 is 0. The molecule has 1 saturated heterocycles. The number of rotatable bonds is 7. The number of furan rings is 1. The van der Waals surface area contributed by atoms with Gasteiger partial charge in [-0.05, 0) is 25.2 Å². The number of pyridine rings is 1. The SMILES string of the molecule is COc1c(C(=O)C(CN2CCN(C)CC2)C(=O)c2cccnc2)c(O)cc2occc12. The molecular formula is C23H25N3O5. The third-order valence-electron chi connectivity index (χ3n) is 5.76.